The lowest BCUT2D eigenvalue weighted by atomic mass is 10.1. The number of amides is 2. The van der Waals surface area contributed by atoms with Gasteiger partial charge in [-0.1, -0.05) is 24.3 Å². The van der Waals surface area contributed by atoms with Gasteiger partial charge in [-0.3, -0.25) is 18.7 Å². The topological polar surface area (TPSA) is 80.8 Å². The molecule has 1 aliphatic heterocycles. The van der Waals surface area contributed by atoms with Crippen LogP contribution in [0, 0.1) is 0 Å². The third kappa shape index (κ3) is 3.08. The molecule has 0 spiro atoms. The first-order valence-electron chi connectivity index (χ1n) is 7.71. The summed E-state index contributed by atoms with van der Waals surface area (Å²) in [7, 11) is -2.63. The Hall–Kier alpha value is -2.51. The van der Waals surface area contributed by atoms with Crippen molar-refractivity contribution < 1.29 is 22.2 Å². The number of imide groups is 1. The van der Waals surface area contributed by atoms with Gasteiger partial charge in [-0.2, -0.15) is 8.42 Å². The van der Waals surface area contributed by atoms with E-state index >= 15 is 0 Å². The van der Waals surface area contributed by atoms with Gasteiger partial charge >= 0.3 is 0 Å². The normalized spacial score (nSPS) is 15.4. The van der Waals surface area contributed by atoms with Crippen LogP contribution < -0.4 is 0 Å². The summed E-state index contributed by atoms with van der Waals surface area (Å²) in [6.45, 7) is 1.79. The molecule has 2 amide bonds. The highest BCUT2D eigenvalue weighted by atomic mass is 32.2. The Kier molecular flexibility index (Phi) is 4.45. The van der Waals surface area contributed by atoms with Crippen molar-refractivity contribution in [1.29, 1.82) is 0 Å². The van der Waals surface area contributed by atoms with Crippen molar-refractivity contribution in [2.75, 3.05) is 7.11 Å². The molecule has 3 rings (SSSR count). The molecule has 1 aliphatic rings. The third-order valence-electron chi connectivity index (χ3n) is 4.23. The minimum atomic E-state index is -3.73. The zero-order valence-electron chi connectivity index (χ0n) is 13.8. The predicted octanol–water partition coefficient (Wildman–Crippen LogP) is 2.25. The maximum atomic E-state index is 12.5. The van der Waals surface area contributed by atoms with Gasteiger partial charge in [0.25, 0.3) is 21.9 Å². The Labute approximate surface area is 146 Å². The maximum Gasteiger partial charge on any atom is 0.296 e. The minimum absolute atomic E-state index is 0.0622. The zero-order chi connectivity index (χ0) is 18.2. The summed E-state index contributed by atoms with van der Waals surface area (Å²) < 4.78 is 27.7. The summed E-state index contributed by atoms with van der Waals surface area (Å²) in [4.78, 5) is 26.3. The zero-order valence-corrected chi connectivity index (χ0v) is 14.6. The van der Waals surface area contributed by atoms with Crippen LogP contribution in [0.25, 0.3) is 0 Å². The fourth-order valence-electron chi connectivity index (χ4n) is 2.93. The highest BCUT2D eigenvalue weighted by Gasteiger charge is 2.37. The summed E-state index contributed by atoms with van der Waals surface area (Å²) in [5.41, 5.74) is 1.65. The van der Waals surface area contributed by atoms with Gasteiger partial charge in [0.05, 0.1) is 23.1 Å². The SMILES string of the molecule is COS(=O)(=O)c1ccc(C[C@H](C)N2C(=O)c3ccccc3C2=O)cc1. The lowest BCUT2D eigenvalue weighted by Crippen LogP contribution is -2.39. The largest absolute Gasteiger partial charge is 0.296 e. The van der Waals surface area contributed by atoms with Crippen molar-refractivity contribution in [1.82, 2.24) is 4.90 Å². The molecule has 2 aromatic carbocycles. The Morgan fingerprint density at radius 1 is 0.960 bits per heavy atom. The highest BCUT2D eigenvalue weighted by molar-refractivity contribution is 7.86. The van der Waals surface area contributed by atoms with Gasteiger partial charge in [-0.05, 0) is 43.2 Å². The molecule has 0 aromatic heterocycles. The van der Waals surface area contributed by atoms with Gasteiger partial charge in [0, 0.05) is 6.04 Å². The van der Waals surface area contributed by atoms with E-state index < -0.39 is 10.1 Å². The molecular weight excluding hydrogens is 342 g/mol. The number of fused-ring (bicyclic) bond motifs is 1. The van der Waals surface area contributed by atoms with Crippen molar-refractivity contribution in [2.24, 2.45) is 0 Å². The second-order valence-electron chi connectivity index (χ2n) is 5.84. The minimum Gasteiger partial charge on any atom is -0.271 e. The summed E-state index contributed by atoms with van der Waals surface area (Å²) >= 11 is 0. The van der Waals surface area contributed by atoms with E-state index in [0.29, 0.717) is 17.5 Å². The molecule has 2 aromatic rings. The summed E-state index contributed by atoms with van der Waals surface area (Å²) in [5, 5.41) is 0. The molecule has 0 bridgehead atoms. The molecule has 0 N–H and O–H groups in total. The summed E-state index contributed by atoms with van der Waals surface area (Å²) in [6, 6.07) is 12.6. The molecule has 1 heterocycles. The van der Waals surface area contributed by atoms with E-state index in [-0.39, 0.29) is 22.8 Å². The van der Waals surface area contributed by atoms with Gasteiger partial charge < -0.3 is 0 Å². The molecule has 0 saturated heterocycles. The average molecular weight is 359 g/mol. The van der Waals surface area contributed by atoms with Gasteiger partial charge in [-0.15, -0.1) is 0 Å². The number of rotatable bonds is 5. The number of hydrogen-bond donors (Lipinski definition) is 0. The lowest BCUT2D eigenvalue weighted by Gasteiger charge is -2.22. The standard InChI is InChI=1S/C18H17NO5S/c1-12(11-13-7-9-14(10-8-13)25(22,23)24-2)19-17(20)15-5-3-4-6-16(15)18(19)21/h3-10,12H,11H2,1-2H3/t12-/m0/s1. The van der Waals surface area contributed by atoms with E-state index in [4.69, 9.17) is 0 Å². The maximum absolute atomic E-state index is 12.5. The molecule has 0 aliphatic carbocycles. The molecule has 7 heteroatoms. The predicted molar refractivity (Wildman–Crippen MR) is 90.7 cm³/mol. The third-order valence-corrected chi connectivity index (χ3v) is 5.52. The molecule has 6 nitrogen and oxygen atoms in total. The van der Waals surface area contributed by atoms with E-state index in [1.165, 1.54) is 17.0 Å². The Balaban J connectivity index is 1.79. The smallest absolute Gasteiger partial charge is 0.271 e. The number of carbonyl (C=O) groups is 2. The van der Waals surface area contributed by atoms with Crippen LogP contribution in [0.15, 0.2) is 53.4 Å². The number of benzene rings is 2. The second kappa shape index (κ2) is 6.42. The van der Waals surface area contributed by atoms with Gasteiger partial charge in [-0.25, -0.2) is 0 Å². The number of carbonyl (C=O) groups excluding carboxylic acids is 2. The van der Waals surface area contributed by atoms with E-state index in [0.717, 1.165) is 12.7 Å². The fraction of sp³-hybridized carbons (Fsp3) is 0.222. The summed E-state index contributed by atoms with van der Waals surface area (Å²) in [6.07, 6.45) is 0.429. The van der Waals surface area contributed by atoms with Gasteiger partial charge in [0.2, 0.25) is 0 Å². The van der Waals surface area contributed by atoms with Gasteiger partial charge in [0.1, 0.15) is 0 Å². The van der Waals surface area contributed by atoms with Crippen molar-refractivity contribution in [3.05, 3.63) is 65.2 Å². The van der Waals surface area contributed by atoms with Crippen LogP contribution in [0.5, 0.6) is 0 Å². The molecule has 130 valence electrons. The van der Waals surface area contributed by atoms with Crippen LogP contribution >= 0.6 is 0 Å². The van der Waals surface area contributed by atoms with Crippen molar-refractivity contribution in [2.45, 2.75) is 24.3 Å². The van der Waals surface area contributed by atoms with Crippen LogP contribution in [-0.4, -0.2) is 38.3 Å². The molecule has 0 unspecified atom stereocenters. The van der Waals surface area contributed by atoms with E-state index in [1.807, 2.05) is 0 Å². The van der Waals surface area contributed by atoms with Gasteiger partial charge in [0.15, 0.2) is 0 Å². The van der Waals surface area contributed by atoms with Crippen LogP contribution in [0.2, 0.25) is 0 Å². The Bertz CT molecular complexity index is 899. The van der Waals surface area contributed by atoms with E-state index in [1.54, 1.807) is 43.3 Å². The second-order valence-corrected chi connectivity index (χ2v) is 7.56. The monoisotopic (exact) mass is 359 g/mol. The van der Waals surface area contributed by atoms with Crippen molar-refractivity contribution in [3.8, 4) is 0 Å². The average Bonchev–Trinajstić information content (AvgIpc) is 2.87. The molecule has 25 heavy (non-hydrogen) atoms. The summed E-state index contributed by atoms with van der Waals surface area (Å²) in [5.74, 6) is -0.599. The van der Waals surface area contributed by atoms with Crippen molar-refractivity contribution >= 4 is 21.9 Å². The lowest BCUT2D eigenvalue weighted by molar-refractivity contribution is 0.0596. The number of hydrogen-bond acceptors (Lipinski definition) is 5. The molecule has 0 saturated carbocycles. The molecule has 1 atom stereocenters. The van der Waals surface area contributed by atoms with Crippen molar-refractivity contribution in [3.63, 3.8) is 0 Å². The quantitative estimate of drug-likeness (QED) is 0.604. The molecule has 0 fully saturated rings. The molecule has 0 radical (unpaired) electrons. The van der Waals surface area contributed by atoms with E-state index in [9.17, 15) is 18.0 Å². The first-order chi connectivity index (χ1) is 11.8. The van der Waals surface area contributed by atoms with E-state index in [2.05, 4.69) is 4.18 Å². The Morgan fingerprint density at radius 3 is 1.96 bits per heavy atom. The van der Waals surface area contributed by atoms with Crippen LogP contribution in [0.3, 0.4) is 0 Å². The van der Waals surface area contributed by atoms with Crippen LogP contribution in [0.4, 0.5) is 0 Å². The highest BCUT2D eigenvalue weighted by Crippen LogP contribution is 2.26. The van der Waals surface area contributed by atoms with Crippen LogP contribution in [0.1, 0.15) is 33.2 Å². The first-order valence-corrected chi connectivity index (χ1v) is 9.12. The number of nitrogens with zero attached hydrogens (tertiary/aromatic N) is 1. The first kappa shape index (κ1) is 17.3. The Morgan fingerprint density at radius 2 is 1.48 bits per heavy atom. The fourth-order valence-corrected chi connectivity index (χ4v) is 3.59. The molecular formula is C18H17NO5S. The van der Waals surface area contributed by atoms with Crippen LogP contribution in [-0.2, 0) is 20.7 Å².